The van der Waals surface area contributed by atoms with Crippen molar-refractivity contribution in [2.24, 2.45) is 0 Å². The van der Waals surface area contributed by atoms with Crippen LogP contribution in [0.5, 0.6) is 0 Å². The molecular formula is C19H15N3O2S. The molecule has 1 aromatic carbocycles. The van der Waals surface area contributed by atoms with Gasteiger partial charge in [-0.15, -0.1) is 0 Å². The van der Waals surface area contributed by atoms with E-state index in [1.165, 1.54) is 18.1 Å². The standard InChI is InChI=1S/C19H15N3O2S/c1-11-8-14(13-6-4-3-5-7-13)22-18-15(11)16-17(24-18)19(21-10-20-16)25-9-12(2)23/h3-8,10H,9H2,1-2H3. The number of pyridine rings is 1. The van der Waals surface area contributed by atoms with Crippen molar-refractivity contribution >= 4 is 39.7 Å². The van der Waals surface area contributed by atoms with Crippen molar-refractivity contribution in [3.05, 3.63) is 48.3 Å². The quantitative estimate of drug-likeness (QED) is 0.401. The average Bonchev–Trinajstić information content (AvgIpc) is 3.00. The van der Waals surface area contributed by atoms with E-state index >= 15 is 0 Å². The molecule has 0 amide bonds. The zero-order valence-electron chi connectivity index (χ0n) is 13.8. The van der Waals surface area contributed by atoms with Gasteiger partial charge in [-0.05, 0) is 25.5 Å². The van der Waals surface area contributed by atoms with Crippen LogP contribution in [-0.4, -0.2) is 26.5 Å². The molecule has 0 radical (unpaired) electrons. The van der Waals surface area contributed by atoms with Gasteiger partial charge in [-0.2, -0.15) is 0 Å². The van der Waals surface area contributed by atoms with Crippen molar-refractivity contribution in [2.45, 2.75) is 18.9 Å². The normalized spacial score (nSPS) is 11.3. The molecule has 0 saturated carbocycles. The lowest BCUT2D eigenvalue weighted by Gasteiger charge is -2.02. The van der Waals surface area contributed by atoms with Gasteiger partial charge in [-0.1, -0.05) is 42.1 Å². The summed E-state index contributed by atoms with van der Waals surface area (Å²) in [6, 6.07) is 12.0. The predicted octanol–water partition coefficient (Wildman–Crippen LogP) is 4.43. The zero-order chi connectivity index (χ0) is 17.4. The number of fused-ring (bicyclic) bond motifs is 3. The van der Waals surface area contributed by atoms with Gasteiger partial charge < -0.3 is 4.42 Å². The van der Waals surface area contributed by atoms with Crippen molar-refractivity contribution in [1.29, 1.82) is 0 Å². The summed E-state index contributed by atoms with van der Waals surface area (Å²) in [4.78, 5) is 24.6. The largest absolute Gasteiger partial charge is 0.433 e. The first-order valence-corrected chi connectivity index (χ1v) is 8.84. The lowest BCUT2D eigenvalue weighted by atomic mass is 10.1. The van der Waals surface area contributed by atoms with Crippen LogP contribution in [0.25, 0.3) is 33.5 Å². The Morgan fingerprint density at radius 3 is 2.76 bits per heavy atom. The molecule has 0 N–H and O–H groups in total. The maximum Gasteiger partial charge on any atom is 0.229 e. The Hall–Kier alpha value is -2.73. The molecule has 6 heteroatoms. The molecule has 0 fully saturated rings. The molecule has 5 nitrogen and oxygen atoms in total. The molecule has 0 spiro atoms. The van der Waals surface area contributed by atoms with Crippen LogP contribution < -0.4 is 0 Å². The van der Waals surface area contributed by atoms with Gasteiger partial charge in [-0.25, -0.2) is 15.0 Å². The number of rotatable bonds is 4. The molecule has 0 aliphatic heterocycles. The molecule has 0 aliphatic rings. The van der Waals surface area contributed by atoms with E-state index in [1.807, 2.05) is 43.3 Å². The maximum absolute atomic E-state index is 11.3. The number of carbonyl (C=O) groups excluding carboxylic acids is 1. The number of Topliss-reactive ketones (excluding diaryl/α,β-unsaturated/α-hetero) is 1. The third-order valence-electron chi connectivity index (χ3n) is 3.87. The van der Waals surface area contributed by atoms with E-state index in [2.05, 4.69) is 15.0 Å². The highest BCUT2D eigenvalue weighted by atomic mass is 32.2. The number of thioether (sulfide) groups is 1. The van der Waals surface area contributed by atoms with E-state index in [-0.39, 0.29) is 5.78 Å². The molecule has 3 heterocycles. The van der Waals surface area contributed by atoms with Crippen LogP contribution in [0.1, 0.15) is 12.5 Å². The monoisotopic (exact) mass is 349 g/mol. The van der Waals surface area contributed by atoms with Crippen molar-refractivity contribution in [1.82, 2.24) is 15.0 Å². The minimum absolute atomic E-state index is 0.0912. The number of carbonyl (C=O) groups is 1. The molecule has 0 bridgehead atoms. The summed E-state index contributed by atoms with van der Waals surface area (Å²) in [7, 11) is 0. The van der Waals surface area contributed by atoms with Crippen LogP contribution in [0, 0.1) is 6.92 Å². The van der Waals surface area contributed by atoms with E-state index in [1.54, 1.807) is 6.92 Å². The molecule has 0 atom stereocenters. The van der Waals surface area contributed by atoms with Gasteiger partial charge in [0.2, 0.25) is 5.71 Å². The van der Waals surface area contributed by atoms with E-state index in [0.717, 1.165) is 27.7 Å². The van der Waals surface area contributed by atoms with E-state index in [4.69, 9.17) is 4.42 Å². The van der Waals surface area contributed by atoms with Crippen LogP contribution in [0.2, 0.25) is 0 Å². The first-order chi connectivity index (χ1) is 12.1. The molecule has 0 aliphatic carbocycles. The Morgan fingerprint density at radius 1 is 1.20 bits per heavy atom. The third-order valence-corrected chi connectivity index (χ3v) is 4.99. The summed E-state index contributed by atoms with van der Waals surface area (Å²) in [5.41, 5.74) is 4.80. The maximum atomic E-state index is 11.3. The fourth-order valence-corrected chi connectivity index (χ4v) is 3.49. The molecule has 0 unspecified atom stereocenters. The van der Waals surface area contributed by atoms with Gasteiger partial charge in [0.1, 0.15) is 22.7 Å². The molecular weight excluding hydrogens is 334 g/mol. The van der Waals surface area contributed by atoms with E-state index < -0.39 is 0 Å². The minimum Gasteiger partial charge on any atom is -0.433 e. The SMILES string of the molecule is CC(=O)CSc1ncnc2c1oc1nc(-c3ccccc3)cc(C)c12. The minimum atomic E-state index is 0.0912. The Labute approximate surface area is 148 Å². The highest BCUT2D eigenvalue weighted by Crippen LogP contribution is 2.35. The van der Waals surface area contributed by atoms with Gasteiger partial charge in [0.15, 0.2) is 5.58 Å². The molecule has 3 aromatic heterocycles. The summed E-state index contributed by atoms with van der Waals surface area (Å²) in [6.45, 7) is 3.58. The number of benzene rings is 1. The number of furan rings is 1. The fourth-order valence-electron chi connectivity index (χ4n) is 2.76. The third kappa shape index (κ3) is 2.89. The fraction of sp³-hybridized carbons (Fsp3) is 0.158. The molecule has 4 aromatic rings. The van der Waals surface area contributed by atoms with Crippen molar-refractivity contribution in [2.75, 3.05) is 5.75 Å². The predicted molar refractivity (Wildman–Crippen MR) is 98.7 cm³/mol. The van der Waals surface area contributed by atoms with Crippen LogP contribution in [0.15, 0.2) is 52.2 Å². The summed E-state index contributed by atoms with van der Waals surface area (Å²) >= 11 is 1.36. The van der Waals surface area contributed by atoms with Gasteiger partial charge in [0.05, 0.1) is 16.8 Å². The van der Waals surface area contributed by atoms with Crippen molar-refractivity contribution in [3.63, 3.8) is 0 Å². The van der Waals surface area contributed by atoms with E-state index in [9.17, 15) is 4.79 Å². The number of aromatic nitrogens is 3. The first kappa shape index (κ1) is 15.8. The highest BCUT2D eigenvalue weighted by molar-refractivity contribution is 8.00. The summed E-state index contributed by atoms with van der Waals surface area (Å²) in [5, 5.41) is 1.56. The van der Waals surface area contributed by atoms with Gasteiger partial charge in [-0.3, -0.25) is 4.79 Å². The van der Waals surface area contributed by atoms with Gasteiger partial charge in [0.25, 0.3) is 0 Å². The number of ketones is 1. The Kier molecular flexibility index (Phi) is 3.97. The van der Waals surface area contributed by atoms with Crippen LogP contribution in [0.4, 0.5) is 0 Å². The van der Waals surface area contributed by atoms with Crippen molar-refractivity contribution in [3.8, 4) is 11.3 Å². The smallest absolute Gasteiger partial charge is 0.229 e. The van der Waals surface area contributed by atoms with E-state index in [0.29, 0.717) is 22.1 Å². The zero-order valence-corrected chi connectivity index (χ0v) is 14.6. The molecule has 124 valence electrons. The number of hydrogen-bond donors (Lipinski definition) is 0. The molecule has 25 heavy (non-hydrogen) atoms. The topological polar surface area (TPSA) is 68.9 Å². The van der Waals surface area contributed by atoms with Gasteiger partial charge in [0, 0.05) is 5.56 Å². The number of nitrogens with zero attached hydrogens (tertiary/aromatic N) is 3. The highest BCUT2D eigenvalue weighted by Gasteiger charge is 2.18. The van der Waals surface area contributed by atoms with Crippen LogP contribution >= 0.6 is 11.8 Å². The summed E-state index contributed by atoms with van der Waals surface area (Å²) in [6.07, 6.45) is 1.50. The average molecular weight is 349 g/mol. The van der Waals surface area contributed by atoms with Crippen LogP contribution in [-0.2, 0) is 4.79 Å². The Balaban J connectivity index is 1.91. The summed E-state index contributed by atoms with van der Waals surface area (Å²) < 4.78 is 5.99. The molecule has 0 saturated heterocycles. The van der Waals surface area contributed by atoms with Crippen molar-refractivity contribution < 1.29 is 9.21 Å². The second kappa shape index (κ2) is 6.29. The Bertz CT molecular complexity index is 1090. The lowest BCUT2D eigenvalue weighted by Crippen LogP contribution is -1.94. The number of hydrogen-bond acceptors (Lipinski definition) is 6. The number of aryl methyl sites for hydroxylation is 1. The van der Waals surface area contributed by atoms with Gasteiger partial charge >= 0.3 is 0 Å². The summed E-state index contributed by atoms with van der Waals surface area (Å²) in [5.74, 6) is 0.443. The second-order valence-corrected chi connectivity index (χ2v) is 6.78. The second-order valence-electron chi connectivity index (χ2n) is 5.82. The van der Waals surface area contributed by atoms with Crippen LogP contribution in [0.3, 0.4) is 0 Å². The Morgan fingerprint density at radius 2 is 2.00 bits per heavy atom. The molecule has 4 rings (SSSR count). The first-order valence-electron chi connectivity index (χ1n) is 7.86. The lowest BCUT2D eigenvalue weighted by molar-refractivity contribution is -0.114.